The van der Waals surface area contributed by atoms with Crippen LogP contribution in [0.3, 0.4) is 0 Å². The van der Waals surface area contributed by atoms with Gasteiger partial charge in [0.05, 0.1) is 0 Å². The van der Waals surface area contributed by atoms with E-state index < -0.39 is 5.92 Å². The van der Waals surface area contributed by atoms with Gasteiger partial charge in [-0.1, -0.05) is 19.1 Å². The molecule has 3 aliphatic rings. The summed E-state index contributed by atoms with van der Waals surface area (Å²) in [6.07, 6.45) is 10.8. The van der Waals surface area contributed by atoms with Gasteiger partial charge in [0.25, 0.3) is 0 Å². The van der Waals surface area contributed by atoms with Crippen LogP contribution in [0.1, 0.15) is 62.8 Å². The number of carbonyl (C=O) groups excluding carboxylic acids is 2. The Hall–Kier alpha value is -2.43. The lowest BCUT2D eigenvalue weighted by molar-refractivity contribution is -0.155. The number of aromatic nitrogens is 1. The van der Waals surface area contributed by atoms with E-state index in [1.165, 1.54) is 6.42 Å². The van der Waals surface area contributed by atoms with Crippen molar-refractivity contribution in [2.24, 2.45) is 5.92 Å². The summed E-state index contributed by atoms with van der Waals surface area (Å²) in [4.78, 5) is 30.2. The van der Waals surface area contributed by atoms with Crippen molar-refractivity contribution in [2.75, 3.05) is 0 Å². The van der Waals surface area contributed by atoms with E-state index in [0.29, 0.717) is 17.7 Å². The Morgan fingerprint density at radius 3 is 2.74 bits per heavy atom. The zero-order valence-corrected chi connectivity index (χ0v) is 15.6. The fourth-order valence-electron chi connectivity index (χ4n) is 4.61. The lowest BCUT2D eigenvalue weighted by Crippen LogP contribution is -2.42. The van der Waals surface area contributed by atoms with Crippen LogP contribution >= 0.6 is 0 Å². The second-order valence-corrected chi connectivity index (χ2v) is 7.76. The van der Waals surface area contributed by atoms with Crippen molar-refractivity contribution in [3.8, 4) is 0 Å². The highest BCUT2D eigenvalue weighted by molar-refractivity contribution is 6.00. The summed E-state index contributed by atoms with van der Waals surface area (Å²) in [6.45, 7) is 4.12. The second kappa shape index (κ2) is 7.67. The molecule has 1 N–H and O–H groups in total. The van der Waals surface area contributed by atoms with Gasteiger partial charge in [-0.05, 0) is 50.2 Å². The van der Waals surface area contributed by atoms with Gasteiger partial charge in [0.15, 0.2) is 5.78 Å². The number of allylic oxidation sites excluding steroid dienone is 2. The van der Waals surface area contributed by atoms with E-state index in [1.807, 2.05) is 12.1 Å². The summed E-state index contributed by atoms with van der Waals surface area (Å²) in [6, 6.07) is 3.78. The first-order valence-corrected chi connectivity index (χ1v) is 9.97. The van der Waals surface area contributed by atoms with Crippen molar-refractivity contribution in [1.82, 2.24) is 10.3 Å². The van der Waals surface area contributed by atoms with Crippen LogP contribution in [0.5, 0.6) is 0 Å². The van der Waals surface area contributed by atoms with Crippen LogP contribution in [-0.4, -0.2) is 22.8 Å². The molecular weight excluding hydrogens is 340 g/mol. The zero-order chi connectivity index (χ0) is 18.8. The molecule has 1 aromatic heterocycles. The van der Waals surface area contributed by atoms with E-state index in [1.54, 1.807) is 12.4 Å². The molecule has 1 saturated carbocycles. The van der Waals surface area contributed by atoms with Gasteiger partial charge in [0.1, 0.15) is 12.0 Å². The highest BCUT2D eigenvalue weighted by Gasteiger charge is 2.44. The quantitative estimate of drug-likeness (QED) is 0.825. The molecule has 2 heterocycles. The number of Topliss-reactive ketones (excluding diaryl/α,β-unsaturated/α-hetero) is 1. The average Bonchev–Trinajstić information content (AvgIpc) is 2.68. The number of hydrogen-bond donors (Lipinski definition) is 1. The molecule has 5 nitrogen and oxygen atoms in total. The molecule has 0 bridgehead atoms. The minimum Gasteiger partial charge on any atom is -0.462 e. The van der Waals surface area contributed by atoms with E-state index in [4.69, 9.17) is 4.74 Å². The number of rotatable bonds is 3. The molecule has 142 valence electrons. The van der Waals surface area contributed by atoms with Gasteiger partial charge in [-0.2, -0.15) is 0 Å². The molecule has 1 fully saturated rings. The van der Waals surface area contributed by atoms with Gasteiger partial charge >= 0.3 is 5.97 Å². The van der Waals surface area contributed by atoms with Crippen LogP contribution in [-0.2, 0) is 14.3 Å². The van der Waals surface area contributed by atoms with Crippen LogP contribution in [0, 0.1) is 5.92 Å². The van der Waals surface area contributed by atoms with E-state index >= 15 is 0 Å². The summed E-state index contributed by atoms with van der Waals surface area (Å²) in [7, 11) is 0. The average molecular weight is 366 g/mol. The predicted molar refractivity (Wildman–Crippen MR) is 102 cm³/mol. The highest BCUT2D eigenvalue weighted by Crippen LogP contribution is 2.44. The third-order valence-corrected chi connectivity index (χ3v) is 5.92. The standard InChI is InChI=1S/C22H26N2O3/c1-14-19(22(26)27-16-8-3-2-4-9-16)20(15-7-6-12-23-13-15)21-17(24-14)10-5-11-18(21)25/h6-7,12-13,16,19-20,24H,1-5,8-11H2. The molecule has 0 amide bonds. The van der Waals surface area contributed by atoms with Gasteiger partial charge in [0.2, 0.25) is 0 Å². The third kappa shape index (κ3) is 3.55. The number of nitrogens with zero attached hydrogens (tertiary/aromatic N) is 1. The Kier molecular flexibility index (Phi) is 5.10. The Morgan fingerprint density at radius 2 is 2.00 bits per heavy atom. The smallest absolute Gasteiger partial charge is 0.316 e. The molecule has 2 aliphatic carbocycles. The number of carbonyl (C=O) groups is 2. The number of ketones is 1. The lowest BCUT2D eigenvalue weighted by atomic mass is 9.72. The van der Waals surface area contributed by atoms with Crippen LogP contribution < -0.4 is 5.32 Å². The first kappa shape index (κ1) is 18.0. The van der Waals surface area contributed by atoms with E-state index in [-0.39, 0.29) is 23.8 Å². The zero-order valence-electron chi connectivity index (χ0n) is 15.6. The molecule has 1 aromatic rings. The number of hydrogen-bond acceptors (Lipinski definition) is 5. The fraction of sp³-hybridized carbons (Fsp3) is 0.500. The highest BCUT2D eigenvalue weighted by atomic mass is 16.5. The van der Waals surface area contributed by atoms with Crippen molar-refractivity contribution in [3.05, 3.63) is 53.6 Å². The maximum absolute atomic E-state index is 13.2. The van der Waals surface area contributed by atoms with Crippen molar-refractivity contribution in [2.45, 2.75) is 63.4 Å². The molecule has 0 aromatic carbocycles. The van der Waals surface area contributed by atoms with Gasteiger partial charge < -0.3 is 10.1 Å². The minimum absolute atomic E-state index is 0.0222. The number of nitrogens with one attached hydrogen (secondary N) is 1. The van der Waals surface area contributed by atoms with Crippen LogP contribution in [0.25, 0.3) is 0 Å². The summed E-state index contributed by atoms with van der Waals surface area (Å²) < 4.78 is 5.87. The van der Waals surface area contributed by atoms with Crippen molar-refractivity contribution in [3.63, 3.8) is 0 Å². The molecule has 0 saturated heterocycles. The van der Waals surface area contributed by atoms with E-state index in [9.17, 15) is 9.59 Å². The number of ether oxygens (including phenoxy) is 1. The molecule has 27 heavy (non-hydrogen) atoms. The maximum atomic E-state index is 13.2. The fourth-order valence-corrected chi connectivity index (χ4v) is 4.61. The van der Waals surface area contributed by atoms with Crippen molar-refractivity contribution < 1.29 is 14.3 Å². The van der Waals surface area contributed by atoms with E-state index in [2.05, 4.69) is 16.9 Å². The molecule has 2 unspecified atom stereocenters. The molecule has 0 spiro atoms. The molecule has 2 atom stereocenters. The first-order valence-electron chi connectivity index (χ1n) is 9.97. The monoisotopic (exact) mass is 366 g/mol. The predicted octanol–water partition coefficient (Wildman–Crippen LogP) is 3.78. The van der Waals surface area contributed by atoms with Crippen LogP contribution in [0.15, 0.2) is 48.1 Å². The summed E-state index contributed by atoms with van der Waals surface area (Å²) in [5, 5.41) is 3.26. The summed E-state index contributed by atoms with van der Waals surface area (Å²) >= 11 is 0. The Morgan fingerprint density at radius 1 is 1.19 bits per heavy atom. The van der Waals surface area contributed by atoms with Crippen molar-refractivity contribution in [1.29, 1.82) is 0 Å². The third-order valence-electron chi connectivity index (χ3n) is 5.92. The summed E-state index contributed by atoms with van der Waals surface area (Å²) in [5.74, 6) is -1.14. The summed E-state index contributed by atoms with van der Waals surface area (Å²) in [5.41, 5.74) is 3.12. The minimum atomic E-state index is -0.600. The van der Waals surface area contributed by atoms with Crippen molar-refractivity contribution >= 4 is 11.8 Å². The normalized spacial score (nSPS) is 26.4. The number of esters is 1. The van der Waals surface area contributed by atoms with Gasteiger partial charge in [0, 0.05) is 41.7 Å². The first-order chi connectivity index (χ1) is 13.1. The second-order valence-electron chi connectivity index (χ2n) is 7.76. The van der Waals surface area contributed by atoms with Gasteiger partial charge in [-0.25, -0.2) is 0 Å². The Labute approximate surface area is 159 Å². The van der Waals surface area contributed by atoms with Crippen LogP contribution in [0.2, 0.25) is 0 Å². The molecule has 0 radical (unpaired) electrons. The topological polar surface area (TPSA) is 68.3 Å². The van der Waals surface area contributed by atoms with Gasteiger partial charge in [-0.3, -0.25) is 14.6 Å². The maximum Gasteiger partial charge on any atom is 0.316 e. The Balaban J connectivity index is 1.70. The number of pyridine rings is 1. The lowest BCUT2D eigenvalue weighted by Gasteiger charge is -2.38. The van der Waals surface area contributed by atoms with E-state index in [0.717, 1.165) is 49.8 Å². The molecule has 1 aliphatic heterocycles. The molecule has 5 heteroatoms. The molecule has 4 rings (SSSR count). The van der Waals surface area contributed by atoms with Crippen LogP contribution in [0.4, 0.5) is 0 Å². The largest absolute Gasteiger partial charge is 0.462 e. The Bertz CT molecular complexity index is 778. The SMILES string of the molecule is C=C1NC2=C(C(=O)CCC2)C(c2cccnc2)C1C(=O)OC1CCCCC1. The molecular formula is C22H26N2O3. The van der Waals surface area contributed by atoms with Gasteiger partial charge in [-0.15, -0.1) is 0 Å².